The van der Waals surface area contributed by atoms with Crippen molar-refractivity contribution < 1.29 is 9.32 Å². The first-order valence-electron chi connectivity index (χ1n) is 8.87. The van der Waals surface area contributed by atoms with Crippen LogP contribution in [0.2, 0.25) is 0 Å². The van der Waals surface area contributed by atoms with E-state index in [9.17, 15) is 4.79 Å². The van der Waals surface area contributed by atoms with E-state index in [-0.39, 0.29) is 11.9 Å². The lowest BCUT2D eigenvalue weighted by molar-refractivity contribution is 0.0638. The molecule has 1 aromatic carbocycles. The summed E-state index contributed by atoms with van der Waals surface area (Å²) in [5, 5.41) is 14.1. The highest BCUT2D eigenvalue weighted by Gasteiger charge is 2.33. The summed E-state index contributed by atoms with van der Waals surface area (Å²) >= 11 is 1.68. The van der Waals surface area contributed by atoms with Gasteiger partial charge in [0.05, 0.1) is 6.04 Å². The molecule has 1 aliphatic rings. The van der Waals surface area contributed by atoms with Crippen LogP contribution >= 0.6 is 11.3 Å². The average Bonchev–Trinajstić information content (AvgIpc) is 3.49. The van der Waals surface area contributed by atoms with E-state index < -0.39 is 0 Å². The molecule has 1 atom stereocenters. The van der Waals surface area contributed by atoms with Crippen LogP contribution in [0.25, 0.3) is 22.2 Å². The molecule has 1 amide bonds. The molecule has 4 aromatic rings. The average molecular weight is 392 g/mol. The Kier molecular flexibility index (Phi) is 4.01. The van der Waals surface area contributed by atoms with Gasteiger partial charge in [-0.3, -0.25) is 4.79 Å². The van der Waals surface area contributed by atoms with Gasteiger partial charge in [-0.2, -0.15) is 4.98 Å². The Bertz CT molecular complexity index is 1100. The molecule has 0 aliphatic carbocycles. The van der Waals surface area contributed by atoms with Crippen LogP contribution in [-0.4, -0.2) is 42.3 Å². The molecule has 0 spiro atoms. The fraction of sp³-hybridized carbons (Fsp3) is 0.211. The highest BCUT2D eigenvalue weighted by molar-refractivity contribution is 7.13. The second-order valence-corrected chi connectivity index (χ2v) is 7.46. The highest BCUT2D eigenvalue weighted by atomic mass is 32.1. The Morgan fingerprint density at radius 2 is 2.04 bits per heavy atom. The first kappa shape index (κ1) is 16.8. The molecule has 5 rings (SSSR count). The van der Waals surface area contributed by atoms with Gasteiger partial charge in [-0.05, 0) is 36.1 Å². The molecular formula is C19H16N6O2S. The highest BCUT2D eigenvalue weighted by Crippen LogP contribution is 2.30. The molecule has 8 nitrogen and oxygen atoms in total. The molecule has 0 radical (unpaired) electrons. The van der Waals surface area contributed by atoms with Crippen LogP contribution in [0.5, 0.6) is 0 Å². The van der Waals surface area contributed by atoms with Crippen LogP contribution in [0.1, 0.15) is 29.1 Å². The predicted octanol–water partition coefficient (Wildman–Crippen LogP) is 3.27. The topological polar surface area (TPSA) is 89.9 Å². The number of thiophene rings is 1. The number of carbonyl (C=O) groups is 1. The molecule has 0 fully saturated rings. The van der Waals surface area contributed by atoms with Gasteiger partial charge >= 0.3 is 0 Å². The molecule has 9 heteroatoms. The smallest absolute Gasteiger partial charge is 0.295 e. The van der Waals surface area contributed by atoms with Crippen molar-refractivity contribution in [3.05, 3.63) is 59.5 Å². The first-order valence-corrected chi connectivity index (χ1v) is 9.75. The largest absolute Gasteiger partial charge is 0.331 e. The maximum absolute atomic E-state index is 13.1. The maximum atomic E-state index is 13.1. The summed E-state index contributed by atoms with van der Waals surface area (Å²) in [6.45, 7) is 3.08. The quantitative estimate of drug-likeness (QED) is 0.531. The van der Waals surface area contributed by atoms with E-state index in [2.05, 4.69) is 26.4 Å². The lowest BCUT2D eigenvalue weighted by Crippen LogP contribution is -2.41. The number of hydrogen-bond acceptors (Lipinski definition) is 7. The van der Waals surface area contributed by atoms with Crippen molar-refractivity contribution in [2.45, 2.75) is 19.5 Å². The molecule has 0 N–H and O–H groups in total. The van der Waals surface area contributed by atoms with Crippen molar-refractivity contribution >= 4 is 17.2 Å². The van der Waals surface area contributed by atoms with Crippen molar-refractivity contribution in [2.75, 3.05) is 6.54 Å². The van der Waals surface area contributed by atoms with E-state index in [0.717, 1.165) is 5.56 Å². The van der Waals surface area contributed by atoms with Crippen LogP contribution in [0.3, 0.4) is 0 Å². The fourth-order valence-electron chi connectivity index (χ4n) is 3.48. The van der Waals surface area contributed by atoms with Crippen LogP contribution in [0.4, 0.5) is 0 Å². The molecule has 0 unspecified atom stereocenters. The lowest BCUT2D eigenvalue weighted by atomic mass is 10.1. The number of carbonyl (C=O) groups excluding carboxylic acids is 1. The van der Waals surface area contributed by atoms with Gasteiger partial charge < -0.3 is 14.0 Å². The Labute approximate surface area is 164 Å². The summed E-state index contributed by atoms with van der Waals surface area (Å²) in [4.78, 5) is 20.1. The van der Waals surface area contributed by atoms with Crippen molar-refractivity contribution in [2.24, 2.45) is 0 Å². The number of nitrogens with zero attached hydrogens (tertiary/aromatic N) is 6. The van der Waals surface area contributed by atoms with E-state index in [4.69, 9.17) is 4.52 Å². The van der Waals surface area contributed by atoms with Crippen LogP contribution < -0.4 is 0 Å². The molecular weight excluding hydrogens is 376 g/mol. The zero-order valence-electron chi connectivity index (χ0n) is 15.0. The zero-order valence-corrected chi connectivity index (χ0v) is 15.8. The van der Waals surface area contributed by atoms with Gasteiger partial charge in [0.1, 0.15) is 0 Å². The Morgan fingerprint density at radius 3 is 2.75 bits per heavy atom. The molecule has 4 heterocycles. The first-order chi connectivity index (χ1) is 13.7. The molecule has 0 saturated carbocycles. The summed E-state index contributed by atoms with van der Waals surface area (Å²) in [7, 11) is 0. The Balaban J connectivity index is 1.39. The summed E-state index contributed by atoms with van der Waals surface area (Å²) in [6, 6.07) is 11.6. The Morgan fingerprint density at radius 1 is 1.18 bits per heavy atom. The van der Waals surface area contributed by atoms with Gasteiger partial charge in [0.15, 0.2) is 12.2 Å². The van der Waals surface area contributed by atoms with E-state index >= 15 is 0 Å². The summed E-state index contributed by atoms with van der Waals surface area (Å²) in [5.74, 6) is 1.56. The molecule has 3 aromatic heterocycles. The molecule has 140 valence electrons. The SMILES string of the molecule is C[C@@H]1c2nnc(-c3ncno3)n2CCN1C(=O)c1ccc(-c2cccs2)cc1. The minimum Gasteiger partial charge on any atom is -0.331 e. The Hall–Kier alpha value is -3.33. The van der Waals surface area contributed by atoms with Crippen molar-refractivity contribution in [3.63, 3.8) is 0 Å². The van der Waals surface area contributed by atoms with Crippen LogP contribution in [0, 0.1) is 0 Å². The lowest BCUT2D eigenvalue weighted by Gasteiger charge is -2.33. The molecule has 1 aliphatic heterocycles. The van der Waals surface area contributed by atoms with E-state index in [1.165, 1.54) is 11.2 Å². The second-order valence-electron chi connectivity index (χ2n) is 6.51. The van der Waals surface area contributed by atoms with Gasteiger partial charge in [-0.25, -0.2) is 0 Å². The van der Waals surface area contributed by atoms with E-state index in [0.29, 0.717) is 36.2 Å². The van der Waals surface area contributed by atoms with Crippen LogP contribution in [-0.2, 0) is 6.54 Å². The third kappa shape index (κ3) is 2.71. The third-order valence-electron chi connectivity index (χ3n) is 4.94. The number of benzene rings is 1. The van der Waals surface area contributed by atoms with E-state index in [1.807, 2.05) is 52.1 Å². The monoisotopic (exact) mass is 392 g/mol. The van der Waals surface area contributed by atoms with Gasteiger partial charge in [-0.1, -0.05) is 23.4 Å². The molecule has 28 heavy (non-hydrogen) atoms. The minimum absolute atomic E-state index is 0.0150. The van der Waals surface area contributed by atoms with Gasteiger partial charge in [0, 0.05) is 23.5 Å². The number of amides is 1. The van der Waals surface area contributed by atoms with Gasteiger partial charge in [0.2, 0.25) is 5.82 Å². The summed E-state index contributed by atoms with van der Waals surface area (Å²) in [6.07, 6.45) is 1.33. The normalized spacial score (nSPS) is 16.2. The van der Waals surface area contributed by atoms with Crippen LogP contribution in [0.15, 0.2) is 52.6 Å². The van der Waals surface area contributed by atoms with Gasteiger partial charge in [-0.15, -0.1) is 21.5 Å². The predicted molar refractivity (Wildman–Crippen MR) is 103 cm³/mol. The van der Waals surface area contributed by atoms with Crippen molar-refractivity contribution in [3.8, 4) is 22.2 Å². The number of aromatic nitrogens is 5. The summed E-state index contributed by atoms with van der Waals surface area (Å²) in [5.41, 5.74) is 1.78. The zero-order chi connectivity index (χ0) is 19.1. The van der Waals surface area contributed by atoms with Crippen molar-refractivity contribution in [1.29, 1.82) is 0 Å². The molecule has 0 bridgehead atoms. The van der Waals surface area contributed by atoms with Gasteiger partial charge in [0.25, 0.3) is 11.8 Å². The number of rotatable bonds is 3. The summed E-state index contributed by atoms with van der Waals surface area (Å²) < 4.78 is 7.03. The minimum atomic E-state index is -0.206. The third-order valence-corrected chi connectivity index (χ3v) is 5.86. The standard InChI is InChI=1S/C19H16N6O2S/c1-12-16-22-23-17(18-20-11-21-27-18)25(16)9-8-24(12)19(26)14-6-4-13(5-7-14)15-3-2-10-28-15/h2-7,10-12H,8-9H2,1H3/t12-/m1/s1. The maximum Gasteiger partial charge on any atom is 0.295 e. The second kappa shape index (κ2) is 6.68. The van der Waals surface area contributed by atoms with E-state index in [1.54, 1.807) is 11.3 Å². The molecule has 0 saturated heterocycles. The number of fused-ring (bicyclic) bond motifs is 1. The van der Waals surface area contributed by atoms with Crippen molar-refractivity contribution in [1.82, 2.24) is 29.8 Å². The number of hydrogen-bond donors (Lipinski definition) is 0. The fourth-order valence-corrected chi connectivity index (χ4v) is 4.21.